The first-order valence-corrected chi connectivity index (χ1v) is 4.75. The second-order valence-corrected chi connectivity index (χ2v) is 3.02. The maximum Gasteiger partial charge on any atom is 0.0911 e. The van der Waals surface area contributed by atoms with Crippen LogP contribution in [0.5, 0.6) is 0 Å². The number of halogens is 1. The lowest BCUT2D eigenvalue weighted by Gasteiger charge is -2.05. The normalized spacial score (nSPS) is 10.0. The van der Waals surface area contributed by atoms with Crippen LogP contribution < -0.4 is 5.32 Å². The van der Waals surface area contributed by atoms with Gasteiger partial charge in [0.15, 0.2) is 0 Å². The number of hydrogen-bond donors (Lipinski definition) is 1. The van der Waals surface area contributed by atoms with Gasteiger partial charge in [-0.3, -0.25) is 4.39 Å². The summed E-state index contributed by atoms with van der Waals surface area (Å²) < 4.78 is 11.8. The summed E-state index contributed by atoms with van der Waals surface area (Å²) in [6.07, 6.45) is 1.64. The highest BCUT2D eigenvalue weighted by molar-refractivity contribution is 5.44. The lowest BCUT2D eigenvalue weighted by molar-refractivity contribution is 0.481. The van der Waals surface area contributed by atoms with Gasteiger partial charge in [-0.15, -0.1) is 0 Å². The fourth-order valence-corrected chi connectivity index (χ4v) is 1.16. The molecule has 1 rings (SSSR count). The van der Waals surface area contributed by atoms with E-state index in [0.717, 1.165) is 12.1 Å². The number of hydrogen-bond acceptors (Lipinski definition) is 1. The van der Waals surface area contributed by atoms with Crippen LogP contribution in [-0.2, 0) is 6.42 Å². The van der Waals surface area contributed by atoms with Crippen LogP contribution in [0.3, 0.4) is 0 Å². The first-order valence-electron chi connectivity index (χ1n) is 4.75. The number of nitrogens with one attached hydrogen (secondary N) is 1. The molecule has 0 bridgehead atoms. The summed E-state index contributed by atoms with van der Waals surface area (Å²) in [7, 11) is 0. The van der Waals surface area contributed by atoms with Gasteiger partial charge in [-0.2, -0.15) is 0 Å². The number of alkyl halides is 1. The molecule has 0 aliphatic heterocycles. The highest BCUT2D eigenvalue weighted by Crippen LogP contribution is 2.09. The molecule has 0 radical (unpaired) electrons. The summed E-state index contributed by atoms with van der Waals surface area (Å²) in [6, 6.07) is 8.27. The molecule has 0 aliphatic rings. The van der Waals surface area contributed by atoms with Gasteiger partial charge in [0.25, 0.3) is 0 Å². The largest absolute Gasteiger partial charge is 0.385 e. The van der Waals surface area contributed by atoms with Gasteiger partial charge >= 0.3 is 0 Å². The first-order chi connectivity index (χ1) is 6.36. The number of aryl methyl sites for hydroxylation is 1. The predicted molar refractivity (Wildman–Crippen MR) is 54.9 cm³/mol. The molecule has 1 aromatic carbocycles. The summed E-state index contributed by atoms with van der Waals surface area (Å²) in [5.41, 5.74) is 2.40. The molecule has 1 aromatic rings. The van der Waals surface area contributed by atoms with Gasteiger partial charge in [0.05, 0.1) is 6.67 Å². The van der Waals surface area contributed by atoms with Crippen LogP contribution >= 0.6 is 0 Å². The van der Waals surface area contributed by atoms with E-state index in [1.807, 2.05) is 12.1 Å². The molecular weight excluding hydrogens is 165 g/mol. The van der Waals surface area contributed by atoms with E-state index in [9.17, 15) is 4.39 Å². The summed E-state index contributed by atoms with van der Waals surface area (Å²) >= 11 is 0. The molecular formula is C11H16FN. The number of benzene rings is 1. The molecule has 0 saturated heterocycles. The van der Waals surface area contributed by atoms with Crippen molar-refractivity contribution in [2.75, 3.05) is 18.5 Å². The minimum atomic E-state index is -0.250. The van der Waals surface area contributed by atoms with Crippen molar-refractivity contribution in [2.45, 2.75) is 19.8 Å². The highest BCUT2D eigenvalue weighted by Gasteiger charge is 1.91. The molecule has 0 spiro atoms. The molecule has 0 heterocycles. The third-order valence-electron chi connectivity index (χ3n) is 2.00. The number of rotatable bonds is 5. The Kier molecular flexibility index (Phi) is 4.30. The van der Waals surface area contributed by atoms with E-state index in [4.69, 9.17) is 0 Å². The van der Waals surface area contributed by atoms with Crippen molar-refractivity contribution in [3.8, 4) is 0 Å². The standard InChI is InChI=1S/C11H16FN/c1-2-10-4-6-11(7-5-10)13-9-3-8-12/h4-7,13H,2-3,8-9H2,1H3. The fourth-order valence-electron chi connectivity index (χ4n) is 1.16. The SMILES string of the molecule is CCc1ccc(NCCCF)cc1. The summed E-state index contributed by atoms with van der Waals surface area (Å²) in [4.78, 5) is 0. The van der Waals surface area contributed by atoms with E-state index < -0.39 is 0 Å². The molecule has 0 saturated carbocycles. The van der Waals surface area contributed by atoms with Crippen molar-refractivity contribution in [3.63, 3.8) is 0 Å². The third-order valence-corrected chi connectivity index (χ3v) is 2.00. The van der Waals surface area contributed by atoms with Gasteiger partial charge in [0, 0.05) is 12.2 Å². The van der Waals surface area contributed by atoms with E-state index >= 15 is 0 Å². The first kappa shape index (κ1) is 10.0. The van der Waals surface area contributed by atoms with Gasteiger partial charge in [-0.05, 0) is 30.5 Å². The lowest BCUT2D eigenvalue weighted by atomic mass is 10.1. The minimum Gasteiger partial charge on any atom is -0.385 e. The molecule has 1 nitrogen and oxygen atoms in total. The van der Waals surface area contributed by atoms with Gasteiger partial charge < -0.3 is 5.32 Å². The molecule has 0 fully saturated rings. The summed E-state index contributed by atoms with van der Waals surface area (Å²) in [6.45, 7) is 2.59. The zero-order valence-electron chi connectivity index (χ0n) is 8.02. The van der Waals surface area contributed by atoms with Gasteiger partial charge in [-0.1, -0.05) is 19.1 Å². The van der Waals surface area contributed by atoms with Crippen molar-refractivity contribution in [1.82, 2.24) is 0 Å². The molecule has 2 heteroatoms. The van der Waals surface area contributed by atoms with Crippen LogP contribution in [-0.4, -0.2) is 13.2 Å². The molecule has 72 valence electrons. The van der Waals surface area contributed by atoms with Crippen LogP contribution in [0.25, 0.3) is 0 Å². The third kappa shape index (κ3) is 3.45. The molecule has 0 unspecified atom stereocenters. The summed E-state index contributed by atoms with van der Waals surface area (Å²) in [5, 5.41) is 3.16. The Bertz CT molecular complexity index is 230. The molecule has 0 aliphatic carbocycles. The van der Waals surface area contributed by atoms with E-state index in [0.29, 0.717) is 13.0 Å². The zero-order chi connectivity index (χ0) is 9.52. The molecule has 0 amide bonds. The maximum atomic E-state index is 11.8. The topological polar surface area (TPSA) is 12.0 Å². The van der Waals surface area contributed by atoms with Crippen molar-refractivity contribution < 1.29 is 4.39 Å². The van der Waals surface area contributed by atoms with Crippen molar-refractivity contribution in [1.29, 1.82) is 0 Å². The lowest BCUT2D eigenvalue weighted by Crippen LogP contribution is -2.01. The van der Waals surface area contributed by atoms with E-state index in [2.05, 4.69) is 24.4 Å². The Labute approximate surface area is 79.0 Å². The highest BCUT2D eigenvalue weighted by atomic mass is 19.1. The van der Waals surface area contributed by atoms with Crippen LogP contribution in [0.1, 0.15) is 18.9 Å². The molecule has 1 N–H and O–H groups in total. The Hall–Kier alpha value is -1.05. The smallest absolute Gasteiger partial charge is 0.0911 e. The van der Waals surface area contributed by atoms with Gasteiger partial charge in [-0.25, -0.2) is 0 Å². The monoisotopic (exact) mass is 181 g/mol. The van der Waals surface area contributed by atoms with Gasteiger partial charge in [0.2, 0.25) is 0 Å². The van der Waals surface area contributed by atoms with Gasteiger partial charge in [0.1, 0.15) is 0 Å². The second-order valence-electron chi connectivity index (χ2n) is 3.02. The molecule has 0 aromatic heterocycles. The average molecular weight is 181 g/mol. The Morgan fingerprint density at radius 1 is 1.23 bits per heavy atom. The Morgan fingerprint density at radius 2 is 1.92 bits per heavy atom. The van der Waals surface area contributed by atoms with Crippen molar-refractivity contribution in [3.05, 3.63) is 29.8 Å². The summed E-state index contributed by atoms with van der Waals surface area (Å²) in [5.74, 6) is 0. The quantitative estimate of drug-likeness (QED) is 0.688. The van der Waals surface area contributed by atoms with Crippen molar-refractivity contribution >= 4 is 5.69 Å². The Morgan fingerprint density at radius 3 is 2.46 bits per heavy atom. The van der Waals surface area contributed by atoms with Crippen LogP contribution in [0.2, 0.25) is 0 Å². The predicted octanol–water partition coefficient (Wildman–Crippen LogP) is 3.02. The van der Waals surface area contributed by atoms with Crippen molar-refractivity contribution in [2.24, 2.45) is 0 Å². The number of anilines is 1. The van der Waals surface area contributed by atoms with E-state index in [1.165, 1.54) is 5.56 Å². The second kappa shape index (κ2) is 5.57. The maximum absolute atomic E-state index is 11.8. The Balaban J connectivity index is 2.40. The average Bonchev–Trinajstić information content (AvgIpc) is 2.19. The fraction of sp³-hybridized carbons (Fsp3) is 0.455. The van der Waals surface area contributed by atoms with Crippen LogP contribution in [0.4, 0.5) is 10.1 Å². The molecule has 0 atom stereocenters. The van der Waals surface area contributed by atoms with Crippen LogP contribution in [0.15, 0.2) is 24.3 Å². The van der Waals surface area contributed by atoms with Crippen LogP contribution in [0, 0.1) is 0 Å². The zero-order valence-corrected chi connectivity index (χ0v) is 8.02. The molecule has 13 heavy (non-hydrogen) atoms. The minimum absolute atomic E-state index is 0.250. The van der Waals surface area contributed by atoms with E-state index in [1.54, 1.807) is 0 Å². The van der Waals surface area contributed by atoms with E-state index in [-0.39, 0.29) is 6.67 Å².